The first-order chi connectivity index (χ1) is 26.4. The van der Waals surface area contributed by atoms with Crippen LogP contribution in [0.15, 0.2) is 167 Å². The smallest absolute Gasteiger partial charge is 0.440 e. The van der Waals surface area contributed by atoms with E-state index < -0.39 is 24.6 Å². The Kier molecular flexibility index (Phi) is 12.7. The van der Waals surface area contributed by atoms with Gasteiger partial charge in [0, 0.05) is 24.3 Å². The van der Waals surface area contributed by atoms with Gasteiger partial charge in [0.05, 0.1) is 13.2 Å². The van der Waals surface area contributed by atoms with Gasteiger partial charge in [-0.15, -0.1) is 4.52 Å². The van der Waals surface area contributed by atoms with E-state index >= 15 is 0 Å². The number of nitrogens with zero attached hydrogens (tertiary/aromatic N) is 3. The summed E-state index contributed by atoms with van der Waals surface area (Å²) in [5.41, 5.74) is 1.08. The molecule has 11 nitrogen and oxygen atoms in total. The summed E-state index contributed by atoms with van der Waals surface area (Å²) in [7, 11) is -8.58. The SMILES string of the molecule is OCc1cccc(ON2P(Oc3cccc(Cl)c3)N(Oc3ccc(Br)cc3)P(Oc3ccccc3)N=P2(Oc2ccccc2)Oc2ccccc2CO)c1. The molecule has 6 aromatic rings. The summed E-state index contributed by atoms with van der Waals surface area (Å²) in [4.78, 5) is 13.5. The van der Waals surface area contributed by atoms with E-state index in [1.54, 1.807) is 109 Å². The predicted octanol–water partition coefficient (Wildman–Crippen LogP) is 11.7. The Labute approximate surface area is 328 Å². The highest BCUT2D eigenvalue weighted by Crippen LogP contribution is 2.77. The number of halogens is 2. The lowest BCUT2D eigenvalue weighted by atomic mass is 10.2. The first-order valence-electron chi connectivity index (χ1n) is 16.4. The fourth-order valence-corrected chi connectivity index (χ4v) is 12.8. The second-order valence-corrected chi connectivity index (χ2v) is 18.1. The highest BCUT2D eigenvalue weighted by Gasteiger charge is 2.58. The van der Waals surface area contributed by atoms with Crippen LogP contribution in [0, 0.1) is 0 Å². The van der Waals surface area contributed by atoms with E-state index in [2.05, 4.69) is 15.9 Å². The highest BCUT2D eigenvalue weighted by atomic mass is 79.9. The Morgan fingerprint density at radius 3 is 2.00 bits per heavy atom. The van der Waals surface area contributed by atoms with Crippen LogP contribution < -0.4 is 27.8 Å². The molecule has 0 amide bonds. The molecule has 0 saturated heterocycles. The molecule has 0 bridgehead atoms. The number of rotatable bonds is 14. The molecule has 1 heterocycles. The monoisotopic (exact) mass is 865 g/mol. The van der Waals surface area contributed by atoms with Gasteiger partial charge in [0.2, 0.25) is 0 Å². The third-order valence-corrected chi connectivity index (χ3v) is 15.0. The Morgan fingerprint density at radius 1 is 0.611 bits per heavy atom. The summed E-state index contributed by atoms with van der Waals surface area (Å²) in [6.45, 7) is -0.561. The van der Waals surface area contributed by atoms with Crippen molar-refractivity contribution in [2.24, 2.45) is 4.52 Å². The molecule has 1 aliphatic heterocycles. The largest absolute Gasteiger partial charge is 0.447 e. The van der Waals surface area contributed by atoms with Gasteiger partial charge < -0.3 is 38.0 Å². The number of para-hydroxylation sites is 3. The summed E-state index contributed by atoms with van der Waals surface area (Å²) in [5, 5.41) is 20.9. The molecule has 3 atom stereocenters. The van der Waals surface area contributed by atoms with Gasteiger partial charge in [0.1, 0.15) is 34.5 Å². The second kappa shape index (κ2) is 18.0. The average Bonchev–Trinajstić information content (AvgIpc) is 3.19. The number of hydrogen-bond donors (Lipinski definition) is 2. The van der Waals surface area contributed by atoms with Crippen LogP contribution in [0.25, 0.3) is 0 Å². The van der Waals surface area contributed by atoms with Gasteiger partial charge in [0.15, 0.2) is 0 Å². The van der Waals surface area contributed by atoms with Gasteiger partial charge >= 0.3 is 24.6 Å². The second-order valence-electron chi connectivity index (χ2n) is 11.2. The normalized spacial score (nSPS) is 18.6. The van der Waals surface area contributed by atoms with Crippen LogP contribution in [0.5, 0.6) is 34.5 Å². The molecule has 0 aromatic heterocycles. The molecule has 0 aliphatic carbocycles. The van der Waals surface area contributed by atoms with Gasteiger partial charge in [-0.25, -0.2) is 0 Å². The zero-order valence-electron chi connectivity index (χ0n) is 28.2. The van der Waals surface area contributed by atoms with Gasteiger partial charge in [0.25, 0.3) is 0 Å². The molecular formula is C38H32BrClN3O8P3. The first kappa shape index (κ1) is 38.1. The molecule has 0 saturated carbocycles. The molecule has 54 heavy (non-hydrogen) atoms. The fraction of sp³-hybridized carbons (Fsp3) is 0.0526. The van der Waals surface area contributed by atoms with E-state index in [4.69, 9.17) is 43.9 Å². The van der Waals surface area contributed by atoms with E-state index in [0.717, 1.165) is 4.47 Å². The van der Waals surface area contributed by atoms with Gasteiger partial charge in [-0.05, 0) is 90.5 Å². The summed E-state index contributed by atoms with van der Waals surface area (Å²) in [5.74, 6) is 2.33. The lowest BCUT2D eigenvalue weighted by molar-refractivity contribution is 0.0543. The van der Waals surface area contributed by atoms with Crippen molar-refractivity contribution >= 4 is 52.1 Å². The molecule has 1 aliphatic rings. The Hall–Kier alpha value is -4.18. The number of hydrogen-bond acceptors (Lipinski definition) is 11. The summed E-state index contributed by atoms with van der Waals surface area (Å²) >= 11 is 9.99. The van der Waals surface area contributed by atoms with Crippen LogP contribution in [0.3, 0.4) is 0 Å². The Bertz CT molecular complexity index is 2210. The van der Waals surface area contributed by atoms with Crippen molar-refractivity contribution in [3.8, 4) is 34.5 Å². The van der Waals surface area contributed by atoms with Crippen LogP contribution in [0.1, 0.15) is 11.1 Å². The van der Waals surface area contributed by atoms with Crippen molar-refractivity contribution in [2.75, 3.05) is 0 Å². The van der Waals surface area contributed by atoms with Crippen molar-refractivity contribution in [3.63, 3.8) is 0 Å². The van der Waals surface area contributed by atoms with Gasteiger partial charge in [-0.1, -0.05) is 100 Å². The fourth-order valence-electron chi connectivity index (χ4n) is 4.85. The summed E-state index contributed by atoms with van der Waals surface area (Å²) in [6, 6.07) is 46.4. The molecule has 0 spiro atoms. The number of benzene rings is 6. The van der Waals surface area contributed by atoms with E-state index in [-0.39, 0.29) is 13.2 Å². The highest BCUT2D eigenvalue weighted by molar-refractivity contribution is 9.10. The van der Waals surface area contributed by atoms with Crippen molar-refractivity contribution in [1.82, 2.24) is 9.21 Å². The third-order valence-electron chi connectivity index (χ3n) is 7.35. The Morgan fingerprint density at radius 2 is 1.28 bits per heavy atom. The molecule has 7 rings (SSSR count). The molecule has 6 aromatic carbocycles. The molecule has 276 valence electrons. The standard InChI is InChI=1S/C38H32BrClN3O8P3/c39-31-21-23-33(24-22-31)46-42-52(48-34-14-3-1-4-15-34)41-54(50-35-16-5-2-6-17-35,51-38-20-8-7-12-30(38)28-45)43(47-36-18-9-11-29(25-36)27-44)53(42)49-37-19-10-13-32(40)26-37/h1-26,44-45H,27-28H2. The minimum atomic E-state index is -4.01. The minimum Gasteiger partial charge on any atom is -0.440 e. The maximum absolute atomic E-state index is 10.4. The minimum absolute atomic E-state index is 0.231. The average molecular weight is 867 g/mol. The van der Waals surface area contributed by atoms with Crippen LogP contribution in [-0.4, -0.2) is 19.4 Å². The van der Waals surface area contributed by atoms with Crippen molar-refractivity contribution in [1.29, 1.82) is 0 Å². The zero-order chi connectivity index (χ0) is 37.3. The molecular weight excluding hydrogens is 835 g/mol. The third kappa shape index (κ3) is 9.36. The van der Waals surface area contributed by atoms with Crippen molar-refractivity contribution in [3.05, 3.63) is 178 Å². The maximum Gasteiger partial charge on any atom is 0.447 e. The van der Waals surface area contributed by atoms with E-state index in [1.165, 1.54) is 9.21 Å². The summed E-state index contributed by atoms with van der Waals surface area (Å²) in [6.07, 6.45) is 0. The predicted molar refractivity (Wildman–Crippen MR) is 214 cm³/mol. The zero-order valence-corrected chi connectivity index (χ0v) is 33.2. The molecule has 0 fully saturated rings. The van der Waals surface area contributed by atoms with E-state index in [9.17, 15) is 10.2 Å². The molecule has 0 radical (unpaired) electrons. The summed E-state index contributed by atoms with van der Waals surface area (Å²) < 4.78 is 36.5. The topological polar surface area (TPSA) is 115 Å². The van der Waals surface area contributed by atoms with Crippen LogP contribution in [0.4, 0.5) is 0 Å². The van der Waals surface area contributed by atoms with E-state index in [1.807, 2.05) is 48.5 Å². The number of aliphatic hydroxyl groups is 2. The lowest BCUT2D eigenvalue weighted by Gasteiger charge is -2.43. The van der Waals surface area contributed by atoms with Crippen molar-refractivity contribution < 1.29 is 38.0 Å². The van der Waals surface area contributed by atoms with Crippen LogP contribution >= 0.6 is 52.1 Å². The van der Waals surface area contributed by atoms with E-state index in [0.29, 0.717) is 50.6 Å². The van der Waals surface area contributed by atoms with Crippen LogP contribution in [0.2, 0.25) is 5.02 Å². The quantitative estimate of drug-likeness (QED) is 0.103. The van der Waals surface area contributed by atoms with Crippen LogP contribution in [-0.2, 0) is 13.2 Å². The lowest BCUT2D eigenvalue weighted by Crippen LogP contribution is -2.37. The molecule has 3 unspecified atom stereocenters. The Balaban J connectivity index is 1.50. The maximum atomic E-state index is 10.4. The first-order valence-corrected chi connectivity index (χ1v) is 21.4. The van der Waals surface area contributed by atoms with Crippen molar-refractivity contribution in [2.45, 2.75) is 13.2 Å². The number of aliphatic hydroxyl groups excluding tert-OH is 2. The van der Waals surface area contributed by atoms with Gasteiger partial charge in [-0.3, -0.25) is 0 Å². The molecule has 16 heteroatoms. The van der Waals surface area contributed by atoms with Gasteiger partial charge in [-0.2, -0.15) is 0 Å². The molecule has 2 N–H and O–H groups in total.